The van der Waals surface area contributed by atoms with Crippen LogP contribution in [0, 0.1) is 0 Å². The third kappa shape index (κ3) is 3.55. The van der Waals surface area contributed by atoms with E-state index in [2.05, 4.69) is 0 Å². The summed E-state index contributed by atoms with van der Waals surface area (Å²) in [5.74, 6) is 0.795. The van der Waals surface area contributed by atoms with Gasteiger partial charge in [-0.3, -0.25) is 4.79 Å². The molecular formula is C13H13ClN2OS. The smallest absolute Gasteiger partial charge is 0.250 e. The predicted octanol–water partition coefficient (Wildman–Crippen LogP) is 2.88. The van der Waals surface area contributed by atoms with Gasteiger partial charge in [-0.1, -0.05) is 17.7 Å². The summed E-state index contributed by atoms with van der Waals surface area (Å²) < 4.78 is 1.62. The van der Waals surface area contributed by atoms with Gasteiger partial charge in [0.05, 0.1) is 0 Å². The van der Waals surface area contributed by atoms with Crippen molar-refractivity contribution < 1.29 is 0 Å². The number of thioether (sulfide) groups is 1. The van der Waals surface area contributed by atoms with Crippen molar-refractivity contribution in [3.05, 3.63) is 58.0 Å². The SMILES string of the molecule is Nc1ccc(=O)n(CCSc2cccc(Cl)c2)c1. The van der Waals surface area contributed by atoms with E-state index in [0.29, 0.717) is 12.2 Å². The summed E-state index contributed by atoms with van der Waals surface area (Å²) in [6.45, 7) is 0.626. The Hall–Kier alpha value is -1.39. The van der Waals surface area contributed by atoms with E-state index in [1.165, 1.54) is 6.07 Å². The van der Waals surface area contributed by atoms with Crippen molar-refractivity contribution in [1.29, 1.82) is 0 Å². The molecular weight excluding hydrogens is 268 g/mol. The summed E-state index contributed by atoms with van der Waals surface area (Å²) in [6, 6.07) is 10.8. The normalized spacial score (nSPS) is 10.5. The number of hydrogen-bond acceptors (Lipinski definition) is 3. The van der Waals surface area contributed by atoms with E-state index in [-0.39, 0.29) is 5.56 Å². The van der Waals surface area contributed by atoms with E-state index in [9.17, 15) is 4.79 Å². The zero-order chi connectivity index (χ0) is 13.0. The second-order valence-electron chi connectivity index (χ2n) is 3.80. The maximum Gasteiger partial charge on any atom is 0.250 e. The second kappa shape index (κ2) is 5.98. The van der Waals surface area contributed by atoms with Gasteiger partial charge in [0, 0.05) is 40.2 Å². The van der Waals surface area contributed by atoms with Crippen LogP contribution in [0.3, 0.4) is 0 Å². The Bertz CT molecular complexity index is 598. The first-order chi connectivity index (χ1) is 8.65. The largest absolute Gasteiger partial charge is 0.398 e. The van der Waals surface area contributed by atoms with Gasteiger partial charge in [0.25, 0.3) is 5.56 Å². The molecule has 3 nitrogen and oxygen atoms in total. The maximum absolute atomic E-state index is 11.5. The number of nitrogens with zero attached hydrogens (tertiary/aromatic N) is 1. The summed E-state index contributed by atoms with van der Waals surface area (Å²) in [5.41, 5.74) is 6.21. The van der Waals surface area contributed by atoms with Gasteiger partial charge < -0.3 is 10.3 Å². The van der Waals surface area contributed by atoms with Crippen LogP contribution in [0.15, 0.2) is 52.3 Å². The molecule has 0 aliphatic rings. The highest BCUT2D eigenvalue weighted by Crippen LogP contribution is 2.21. The van der Waals surface area contributed by atoms with Crippen molar-refractivity contribution in [2.75, 3.05) is 11.5 Å². The fraction of sp³-hybridized carbons (Fsp3) is 0.154. The van der Waals surface area contributed by atoms with Crippen molar-refractivity contribution in [3.8, 4) is 0 Å². The number of pyridine rings is 1. The maximum atomic E-state index is 11.5. The molecule has 0 bridgehead atoms. The van der Waals surface area contributed by atoms with Crippen LogP contribution in [0.4, 0.5) is 5.69 Å². The number of benzene rings is 1. The van der Waals surface area contributed by atoms with Gasteiger partial charge in [-0.25, -0.2) is 0 Å². The Morgan fingerprint density at radius 2 is 2.11 bits per heavy atom. The summed E-state index contributed by atoms with van der Waals surface area (Å²) in [5, 5.41) is 0.723. The van der Waals surface area contributed by atoms with E-state index in [4.69, 9.17) is 17.3 Å². The molecule has 1 aromatic carbocycles. The minimum absolute atomic E-state index is 0.0316. The fourth-order valence-corrected chi connectivity index (χ4v) is 2.71. The molecule has 0 saturated carbocycles. The van der Waals surface area contributed by atoms with Crippen molar-refractivity contribution >= 4 is 29.1 Å². The van der Waals surface area contributed by atoms with E-state index in [1.807, 2.05) is 24.3 Å². The summed E-state index contributed by atoms with van der Waals surface area (Å²) in [7, 11) is 0. The van der Waals surface area contributed by atoms with Gasteiger partial charge in [0.1, 0.15) is 0 Å². The molecule has 0 aliphatic carbocycles. The average molecular weight is 281 g/mol. The van der Waals surface area contributed by atoms with Crippen molar-refractivity contribution in [1.82, 2.24) is 4.57 Å². The zero-order valence-corrected chi connectivity index (χ0v) is 11.2. The Morgan fingerprint density at radius 1 is 1.28 bits per heavy atom. The van der Waals surface area contributed by atoms with Gasteiger partial charge in [-0.15, -0.1) is 11.8 Å². The van der Waals surface area contributed by atoms with Crippen LogP contribution in [-0.4, -0.2) is 10.3 Å². The number of nitrogens with two attached hydrogens (primary N) is 1. The molecule has 1 heterocycles. The summed E-state index contributed by atoms with van der Waals surface area (Å²) in [4.78, 5) is 12.6. The molecule has 0 spiro atoms. The fourth-order valence-electron chi connectivity index (χ4n) is 1.54. The summed E-state index contributed by atoms with van der Waals surface area (Å²) >= 11 is 7.56. The number of nitrogen functional groups attached to an aromatic ring is 1. The van der Waals surface area contributed by atoms with Crippen LogP contribution < -0.4 is 11.3 Å². The molecule has 0 aliphatic heterocycles. The van der Waals surface area contributed by atoms with Crippen LogP contribution in [0.2, 0.25) is 5.02 Å². The highest BCUT2D eigenvalue weighted by molar-refractivity contribution is 7.99. The lowest BCUT2D eigenvalue weighted by molar-refractivity contribution is 0.737. The Labute approximate surface area is 115 Å². The third-order valence-corrected chi connectivity index (χ3v) is 3.61. The molecule has 0 radical (unpaired) electrons. The number of anilines is 1. The van der Waals surface area contributed by atoms with E-state index in [1.54, 1.807) is 28.6 Å². The van der Waals surface area contributed by atoms with Gasteiger partial charge in [0.15, 0.2) is 0 Å². The van der Waals surface area contributed by atoms with Crippen molar-refractivity contribution in [2.24, 2.45) is 0 Å². The van der Waals surface area contributed by atoms with Crippen molar-refractivity contribution in [2.45, 2.75) is 11.4 Å². The standard InChI is InChI=1S/C13H13ClN2OS/c14-10-2-1-3-12(8-10)18-7-6-16-9-11(15)4-5-13(16)17/h1-5,8-9H,6-7,15H2. The topological polar surface area (TPSA) is 48.0 Å². The zero-order valence-electron chi connectivity index (χ0n) is 9.67. The number of rotatable bonds is 4. The molecule has 1 aromatic heterocycles. The first-order valence-electron chi connectivity index (χ1n) is 5.49. The first-order valence-corrected chi connectivity index (χ1v) is 6.86. The van der Waals surface area contributed by atoms with Gasteiger partial charge in [-0.05, 0) is 24.3 Å². The lowest BCUT2D eigenvalue weighted by Crippen LogP contribution is -2.19. The number of hydrogen-bond donors (Lipinski definition) is 1. The molecule has 0 atom stereocenters. The van der Waals surface area contributed by atoms with Crippen LogP contribution in [-0.2, 0) is 6.54 Å². The van der Waals surface area contributed by atoms with Crippen molar-refractivity contribution in [3.63, 3.8) is 0 Å². The monoisotopic (exact) mass is 280 g/mol. The Kier molecular flexibility index (Phi) is 4.33. The van der Waals surface area contributed by atoms with Crippen LogP contribution >= 0.6 is 23.4 Å². The second-order valence-corrected chi connectivity index (χ2v) is 5.40. The highest BCUT2D eigenvalue weighted by Gasteiger charge is 1.99. The van der Waals surface area contributed by atoms with Gasteiger partial charge in [0.2, 0.25) is 0 Å². The van der Waals surface area contributed by atoms with Crippen LogP contribution in [0.1, 0.15) is 0 Å². The Morgan fingerprint density at radius 3 is 2.89 bits per heavy atom. The molecule has 2 rings (SSSR count). The molecule has 0 amide bonds. The van der Waals surface area contributed by atoms with Crippen LogP contribution in [0.25, 0.3) is 0 Å². The number of aryl methyl sites for hydroxylation is 1. The number of halogens is 1. The highest BCUT2D eigenvalue weighted by atomic mass is 35.5. The van der Waals surface area contributed by atoms with Gasteiger partial charge in [-0.2, -0.15) is 0 Å². The average Bonchev–Trinajstić information content (AvgIpc) is 2.34. The Balaban J connectivity index is 1.96. The molecule has 0 unspecified atom stereocenters. The molecule has 2 N–H and O–H groups in total. The predicted molar refractivity (Wildman–Crippen MR) is 77.3 cm³/mol. The third-order valence-electron chi connectivity index (χ3n) is 2.40. The molecule has 94 valence electrons. The van der Waals surface area contributed by atoms with Gasteiger partial charge >= 0.3 is 0 Å². The molecule has 2 aromatic rings. The first kappa shape index (κ1) is 13.1. The molecule has 18 heavy (non-hydrogen) atoms. The lowest BCUT2D eigenvalue weighted by Gasteiger charge is -2.06. The van der Waals surface area contributed by atoms with Crippen LogP contribution in [0.5, 0.6) is 0 Å². The minimum Gasteiger partial charge on any atom is -0.398 e. The quantitative estimate of drug-likeness (QED) is 0.876. The molecule has 0 saturated heterocycles. The van der Waals surface area contributed by atoms with E-state index in [0.717, 1.165) is 15.7 Å². The lowest BCUT2D eigenvalue weighted by atomic mass is 10.4. The number of aromatic nitrogens is 1. The molecule has 5 heteroatoms. The summed E-state index contributed by atoms with van der Waals surface area (Å²) in [6.07, 6.45) is 1.67. The molecule has 0 fully saturated rings. The minimum atomic E-state index is -0.0316. The van der Waals surface area contributed by atoms with E-state index >= 15 is 0 Å². The van der Waals surface area contributed by atoms with E-state index < -0.39 is 0 Å².